The Balaban J connectivity index is 1.76. The van der Waals surface area contributed by atoms with Crippen molar-refractivity contribution < 1.29 is 18.7 Å². The minimum atomic E-state index is -1.09. The van der Waals surface area contributed by atoms with Crippen LogP contribution in [0.4, 0.5) is 4.39 Å². The van der Waals surface area contributed by atoms with E-state index < -0.39 is 29.5 Å². The van der Waals surface area contributed by atoms with Crippen molar-refractivity contribution in [2.45, 2.75) is 19.1 Å². The number of nitrogens with one attached hydrogen (secondary N) is 1. The number of hydrogen-bond donors (Lipinski definition) is 1. The molecule has 1 N–H and O–H groups in total. The summed E-state index contributed by atoms with van der Waals surface area (Å²) in [5, 5.41) is 3.10. The molecule has 0 saturated carbocycles. The Bertz CT molecular complexity index is 786. The molecule has 25 heavy (non-hydrogen) atoms. The standard InChI is InChI=1S/C18H20FN3O3/c1-10-4-5-11(8-12(10)19)14-16(23)15-18(17(14)24)25-13(9-21-15)20-6-7-22(2)3/h4-5,8-9,13-14,20H,6-7H2,1-3H3/t13-,14-/m1/s1. The molecule has 2 atom stereocenters. The van der Waals surface area contributed by atoms with E-state index in [0.29, 0.717) is 17.7 Å². The maximum atomic E-state index is 13.8. The number of rotatable bonds is 5. The van der Waals surface area contributed by atoms with Gasteiger partial charge >= 0.3 is 0 Å². The number of ketones is 2. The van der Waals surface area contributed by atoms with Crippen LogP contribution in [0.25, 0.3) is 0 Å². The van der Waals surface area contributed by atoms with Gasteiger partial charge in [-0.3, -0.25) is 14.9 Å². The molecule has 0 spiro atoms. The number of carbonyl (C=O) groups excluding carboxylic acids is 2. The number of nitrogens with zero attached hydrogens (tertiary/aromatic N) is 2. The third-order valence-electron chi connectivity index (χ3n) is 4.21. The molecule has 6 nitrogen and oxygen atoms in total. The molecule has 132 valence electrons. The van der Waals surface area contributed by atoms with Gasteiger partial charge in [-0.1, -0.05) is 12.1 Å². The van der Waals surface area contributed by atoms with E-state index in [9.17, 15) is 14.0 Å². The normalized spacial score (nSPS) is 22.6. The summed E-state index contributed by atoms with van der Waals surface area (Å²) in [6, 6.07) is 4.37. The van der Waals surface area contributed by atoms with E-state index in [4.69, 9.17) is 4.74 Å². The summed E-state index contributed by atoms with van der Waals surface area (Å²) < 4.78 is 19.4. The van der Waals surface area contributed by atoms with Crippen LogP contribution in [-0.4, -0.2) is 56.1 Å². The summed E-state index contributed by atoms with van der Waals surface area (Å²) in [6.45, 7) is 3.05. The van der Waals surface area contributed by atoms with Crippen LogP contribution in [0.5, 0.6) is 0 Å². The molecule has 1 aromatic carbocycles. The summed E-state index contributed by atoms with van der Waals surface area (Å²) in [7, 11) is 3.89. The average molecular weight is 345 g/mol. The minimum Gasteiger partial charge on any atom is -0.464 e. The molecule has 0 saturated heterocycles. The number of benzene rings is 1. The number of carbonyl (C=O) groups is 2. The first-order valence-electron chi connectivity index (χ1n) is 8.06. The van der Waals surface area contributed by atoms with E-state index >= 15 is 0 Å². The van der Waals surface area contributed by atoms with Crippen molar-refractivity contribution in [1.82, 2.24) is 10.2 Å². The Hall–Kier alpha value is -2.38. The molecule has 0 amide bonds. The predicted molar refractivity (Wildman–Crippen MR) is 90.8 cm³/mol. The fraction of sp³-hybridized carbons (Fsp3) is 0.389. The number of hydrogen-bond acceptors (Lipinski definition) is 6. The van der Waals surface area contributed by atoms with Crippen LogP contribution in [0, 0.1) is 12.7 Å². The highest BCUT2D eigenvalue weighted by Gasteiger charge is 2.45. The van der Waals surface area contributed by atoms with Crippen LogP contribution < -0.4 is 5.32 Å². The van der Waals surface area contributed by atoms with E-state index in [0.717, 1.165) is 6.54 Å². The largest absolute Gasteiger partial charge is 0.464 e. The molecule has 0 unspecified atom stereocenters. The van der Waals surface area contributed by atoms with Gasteiger partial charge in [0.05, 0.1) is 6.21 Å². The quantitative estimate of drug-likeness (QED) is 0.811. The lowest BCUT2D eigenvalue weighted by atomic mass is 9.93. The number of halogens is 1. The molecule has 2 aliphatic rings. The van der Waals surface area contributed by atoms with Gasteiger partial charge in [0, 0.05) is 13.1 Å². The smallest absolute Gasteiger partial charge is 0.215 e. The van der Waals surface area contributed by atoms with Gasteiger partial charge in [0.2, 0.25) is 5.78 Å². The SMILES string of the molecule is Cc1ccc([C@@H]2C(=O)C3=C(O[C@@H](NCCN(C)C)C=N3)C2=O)cc1F. The summed E-state index contributed by atoms with van der Waals surface area (Å²) in [5.74, 6) is -2.50. The first-order valence-corrected chi connectivity index (χ1v) is 8.06. The van der Waals surface area contributed by atoms with Crippen LogP contribution in [0.2, 0.25) is 0 Å². The number of allylic oxidation sites excluding steroid dienone is 2. The molecule has 0 radical (unpaired) electrons. The fourth-order valence-electron chi connectivity index (χ4n) is 2.77. The van der Waals surface area contributed by atoms with E-state index in [1.54, 1.807) is 19.1 Å². The van der Waals surface area contributed by atoms with Crippen molar-refractivity contribution in [3.63, 3.8) is 0 Å². The van der Waals surface area contributed by atoms with Crippen LogP contribution in [0.3, 0.4) is 0 Å². The molecule has 0 fully saturated rings. The lowest BCUT2D eigenvalue weighted by molar-refractivity contribution is -0.124. The molecule has 1 heterocycles. The Morgan fingerprint density at radius 3 is 2.72 bits per heavy atom. The van der Waals surface area contributed by atoms with Gasteiger partial charge < -0.3 is 9.64 Å². The van der Waals surface area contributed by atoms with Gasteiger partial charge in [0.25, 0.3) is 0 Å². The monoisotopic (exact) mass is 345 g/mol. The molecule has 0 bridgehead atoms. The highest BCUT2D eigenvalue weighted by atomic mass is 19.1. The van der Waals surface area contributed by atoms with E-state index in [-0.39, 0.29) is 11.5 Å². The first kappa shape index (κ1) is 17.4. The van der Waals surface area contributed by atoms with Crippen LogP contribution in [-0.2, 0) is 14.3 Å². The molecule has 3 rings (SSSR count). The van der Waals surface area contributed by atoms with Crippen molar-refractivity contribution in [3.05, 3.63) is 46.6 Å². The van der Waals surface area contributed by atoms with Gasteiger partial charge in [-0.05, 0) is 38.2 Å². The Kier molecular flexibility index (Phi) is 4.78. The van der Waals surface area contributed by atoms with E-state index in [1.807, 2.05) is 19.0 Å². The maximum absolute atomic E-state index is 13.8. The van der Waals surface area contributed by atoms with Crippen LogP contribution in [0.1, 0.15) is 17.0 Å². The second kappa shape index (κ2) is 6.85. The third-order valence-corrected chi connectivity index (χ3v) is 4.21. The summed E-state index contributed by atoms with van der Waals surface area (Å²) in [6.07, 6.45) is 0.904. The van der Waals surface area contributed by atoms with Gasteiger partial charge in [-0.15, -0.1) is 0 Å². The number of likely N-dealkylation sites (N-methyl/N-ethyl adjacent to an activating group) is 1. The van der Waals surface area contributed by atoms with Crippen molar-refractivity contribution in [3.8, 4) is 0 Å². The van der Waals surface area contributed by atoms with Crippen molar-refractivity contribution >= 4 is 17.8 Å². The molecular weight excluding hydrogens is 325 g/mol. The fourth-order valence-corrected chi connectivity index (χ4v) is 2.77. The molecule has 1 aromatic rings. The number of Topliss-reactive ketones (excluding diaryl/α,β-unsaturated/α-hetero) is 2. The van der Waals surface area contributed by atoms with Crippen LogP contribution in [0.15, 0.2) is 34.6 Å². The van der Waals surface area contributed by atoms with Gasteiger partial charge in [-0.2, -0.15) is 0 Å². The second-order valence-electron chi connectivity index (χ2n) is 6.42. The summed E-state index contributed by atoms with van der Waals surface area (Å²) >= 11 is 0. The van der Waals surface area contributed by atoms with Gasteiger partial charge in [0.15, 0.2) is 23.5 Å². The van der Waals surface area contributed by atoms with E-state index in [1.165, 1.54) is 12.3 Å². The Labute approximate surface area is 145 Å². The maximum Gasteiger partial charge on any atom is 0.215 e. The van der Waals surface area contributed by atoms with Gasteiger partial charge in [-0.25, -0.2) is 9.38 Å². The zero-order valence-electron chi connectivity index (χ0n) is 14.4. The van der Waals surface area contributed by atoms with Crippen molar-refractivity contribution in [2.24, 2.45) is 4.99 Å². The lowest BCUT2D eigenvalue weighted by Crippen LogP contribution is -2.39. The molecule has 0 aromatic heterocycles. The van der Waals surface area contributed by atoms with Crippen molar-refractivity contribution in [2.75, 3.05) is 27.2 Å². The molecule has 1 aliphatic heterocycles. The second-order valence-corrected chi connectivity index (χ2v) is 6.42. The predicted octanol–water partition coefficient (Wildman–Crippen LogP) is 1.16. The van der Waals surface area contributed by atoms with Crippen LogP contribution >= 0.6 is 0 Å². The average Bonchev–Trinajstić information content (AvgIpc) is 2.81. The summed E-state index contributed by atoms with van der Waals surface area (Å²) in [5.41, 5.74) is 0.795. The van der Waals surface area contributed by atoms with Gasteiger partial charge in [0.1, 0.15) is 11.7 Å². The number of ether oxygens (including phenoxy) is 1. The highest BCUT2D eigenvalue weighted by Crippen LogP contribution is 2.36. The molecule has 1 aliphatic carbocycles. The topological polar surface area (TPSA) is 71.0 Å². The zero-order chi connectivity index (χ0) is 18.1. The minimum absolute atomic E-state index is 0.0154. The third kappa shape index (κ3) is 3.38. The lowest BCUT2D eigenvalue weighted by Gasteiger charge is -2.21. The number of aryl methyl sites for hydroxylation is 1. The summed E-state index contributed by atoms with van der Waals surface area (Å²) in [4.78, 5) is 31.3. The molecular formula is C18H20FN3O3. The van der Waals surface area contributed by atoms with E-state index in [2.05, 4.69) is 10.3 Å². The molecule has 7 heteroatoms. The first-order chi connectivity index (χ1) is 11.9. The Morgan fingerprint density at radius 2 is 2.04 bits per heavy atom. The zero-order valence-corrected chi connectivity index (χ0v) is 14.4. The van der Waals surface area contributed by atoms with Crippen molar-refractivity contribution in [1.29, 1.82) is 0 Å². The highest BCUT2D eigenvalue weighted by molar-refractivity contribution is 6.27. The Morgan fingerprint density at radius 1 is 1.28 bits per heavy atom. The number of aliphatic imine (C=N–C) groups is 1.